The maximum atomic E-state index is 12.9. The van der Waals surface area contributed by atoms with Crippen LogP contribution in [0, 0.1) is 18.8 Å². The molecule has 2 aromatic carbocycles. The molecule has 2 fully saturated rings. The van der Waals surface area contributed by atoms with Crippen molar-refractivity contribution in [3.8, 4) is 5.75 Å². The number of aryl methyl sites for hydroxylation is 1. The highest BCUT2D eigenvalue weighted by atomic mass is 16.5. The lowest BCUT2D eigenvalue weighted by atomic mass is 10.2. The number of hydrogen-bond donors (Lipinski definition) is 1. The lowest BCUT2D eigenvalue weighted by Crippen LogP contribution is -2.49. The van der Waals surface area contributed by atoms with Gasteiger partial charge in [0.25, 0.3) is 0 Å². The third kappa shape index (κ3) is 4.21. The minimum atomic E-state index is -0.213. The minimum absolute atomic E-state index is 0.0541. The number of para-hydroxylation sites is 2. The Morgan fingerprint density at radius 2 is 1.76 bits per heavy atom. The first-order valence-corrected chi connectivity index (χ1v) is 10.1. The fraction of sp³-hybridized carbons (Fsp3) is 0.391. The van der Waals surface area contributed by atoms with E-state index in [4.69, 9.17) is 4.74 Å². The van der Waals surface area contributed by atoms with Gasteiger partial charge >= 0.3 is 0 Å². The Morgan fingerprint density at radius 3 is 2.48 bits per heavy atom. The summed E-state index contributed by atoms with van der Waals surface area (Å²) in [6, 6.07) is 15.7. The van der Waals surface area contributed by atoms with Crippen LogP contribution in [0.15, 0.2) is 48.5 Å². The normalized spacial score (nSPS) is 20.9. The SMILES string of the molecule is COc1ccccc1N1CCN(C(=O)C2CC2C(=O)Nc2cccc(C)c2)CC1. The molecule has 0 spiro atoms. The van der Waals surface area contributed by atoms with Crippen molar-refractivity contribution in [2.24, 2.45) is 11.8 Å². The van der Waals surface area contributed by atoms with Crippen LogP contribution >= 0.6 is 0 Å². The summed E-state index contributed by atoms with van der Waals surface area (Å²) >= 11 is 0. The topological polar surface area (TPSA) is 61.9 Å². The Kier molecular flexibility index (Phi) is 5.43. The molecule has 1 N–H and O–H groups in total. The van der Waals surface area contributed by atoms with Crippen LogP contribution in [0.2, 0.25) is 0 Å². The van der Waals surface area contributed by atoms with Gasteiger partial charge in [0, 0.05) is 31.9 Å². The largest absolute Gasteiger partial charge is 0.495 e. The van der Waals surface area contributed by atoms with E-state index in [1.807, 2.05) is 60.4 Å². The molecule has 2 atom stereocenters. The summed E-state index contributed by atoms with van der Waals surface area (Å²) in [5.74, 6) is 0.505. The number of anilines is 2. The summed E-state index contributed by atoms with van der Waals surface area (Å²) in [6.45, 7) is 4.85. The van der Waals surface area contributed by atoms with Gasteiger partial charge in [-0.2, -0.15) is 0 Å². The van der Waals surface area contributed by atoms with Crippen molar-refractivity contribution in [2.45, 2.75) is 13.3 Å². The Morgan fingerprint density at radius 1 is 1.00 bits per heavy atom. The van der Waals surface area contributed by atoms with Gasteiger partial charge in [-0.3, -0.25) is 9.59 Å². The first-order valence-electron chi connectivity index (χ1n) is 10.1. The summed E-state index contributed by atoms with van der Waals surface area (Å²) in [5.41, 5.74) is 2.95. The highest BCUT2D eigenvalue weighted by molar-refractivity contribution is 5.99. The van der Waals surface area contributed by atoms with Crippen molar-refractivity contribution >= 4 is 23.2 Å². The molecule has 2 aliphatic rings. The van der Waals surface area contributed by atoms with E-state index in [-0.39, 0.29) is 23.7 Å². The quantitative estimate of drug-likeness (QED) is 0.849. The number of nitrogens with zero attached hydrogens (tertiary/aromatic N) is 2. The van der Waals surface area contributed by atoms with Crippen molar-refractivity contribution in [3.05, 3.63) is 54.1 Å². The molecule has 0 bridgehead atoms. The van der Waals surface area contributed by atoms with Crippen molar-refractivity contribution in [1.82, 2.24) is 4.90 Å². The molecule has 4 rings (SSSR count). The molecule has 1 heterocycles. The summed E-state index contributed by atoms with van der Waals surface area (Å²) in [7, 11) is 1.67. The lowest BCUT2D eigenvalue weighted by Gasteiger charge is -2.36. The average Bonchev–Trinajstić information content (AvgIpc) is 3.54. The molecule has 1 aliphatic heterocycles. The maximum absolute atomic E-state index is 12.9. The highest BCUT2D eigenvalue weighted by Gasteiger charge is 2.49. The van der Waals surface area contributed by atoms with Gasteiger partial charge in [-0.1, -0.05) is 24.3 Å². The molecule has 2 aromatic rings. The number of hydrogen-bond acceptors (Lipinski definition) is 4. The van der Waals surface area contributed by atoms with Gasteiger partial charge in [0.05, 0.1) is 24.6 Å². The first kappa shape index (κ1) is 19.3. The van der Waals surface area contributed by atoms with Gasteiger partial charge in [0.2, 0.25) is 11.8 Å². The number of benzene rings is 2. The third-order valence-electron chi connectivity index (χ3n) is 5.75. The van der Waals surface area contributed by atoms with Crippen molar-refractivity contribution < 1.29 is 14.3 Å². The summed E-state index contributed by atoms with van der Waals surface area (Å²) in [4.78, 5) is 29.5. The Bertz CT molecular complexity index is 906. The minimum Gasteiger partial charge on any atom is -0.495 e. The number of nitrogens with one attached hydrogen (secondary N) is 1. The van der Waals surface area contributed by atoms with Crippen LogP contribution in [0.25, 0.3) is 0 Å². The van der Waals surface area contributed by atoms with Crippen molar-refractivity contribution in [3.63, 3.8) is 0 Å². The molecular formula is C23H27N3O3. The zero-order valence-corrected chi connectivity index (χ0v) is 16.9. The molecule has 0 radical (unpaired) electrons. The van der Waals surface area contributed by atoms with E-state index in [9.17, 15) is 9.59 Å². The van der Waals surface area contributed by atoms with Gasteiger partial charge in [-0.25, -0.2) is 0 Å². The van der Waals surface area contributed by atoms with Crippen molar-refractivity contribution in [2.75, 3.05) is 43.5 Å². The number of ether oxygens (including phenoxy) is 1. The zero-order valence-electron chi connectivity index (χ0n) is 16.9. The molecule has 6 nitrogen and oxygen atoms in total. The Hall–Kier alpha value is -3.02. The molecule has 1 saturated heterocycles. The van der Waals surface area contributed by atoms with E-state index in [0.717, 1.165) is 35.8 Å². The maximum Gasteiger partial charge on any atom is 0.228 e. The summed E-state index contributed by atoms with van der Waals surface area (Å²) in [6.07, 6.45) is 0.642. The van der Waals surface area contributed by atoms with Gasteiger partial charge in [-0.15, -0.1) is 0 Å². The van der Waals surface area contributed by atoms with Gasteiger partial charge in [-0.05, 0) is 43.2 Å². The van der Waals surface area contributed by atoms with E-state index in [1.165, 1.54) is 0 Å². The zero-order chi connectivity index (χ0) is 20.4. The van der Waals surface area contributed by atoms with Gasteiger partial charge in [0.1, 0.15) is 5.75 Å². The van der Waals surface area contributed by atoms with Crippen LogP contribution in [-0.4, -0.2) is 50.0 Å². The Labute approximate surface area is 171 Å². The second kappa shape index (κ2) is 8.15. The predicted octanol–water partition coefficient (Wildman–Crippen LogP) is 2.93. The van der Waals surface area contributed by atoms with Crippen LogP contribution < -0.4 is 15.0 Å². The number of carbonyl (C=O) groups is 2. The second-order valence-electron chi connectivity index (χ2n) is 7.79. The van der Waals surface area contributed by atoms with Crippen LogP contribution in [0.5, 0.6) is 5.75 Å². The fourth-order valence-electron chi connectivity index (χ4n) is 4.01. The molecule has 29 heavy (non-hydrogen) atoms. The van der Waals surface area contributed by atoms with Crippen molar-refractivity contribution in [1.29, 1.82) is 0 Å². The van der Waals surface area contributed by atoms with Gasteiger partial charge in [0.15, 0.2) is 0 Å². The first-order chi connectivity index (χ1) is 14.1. The summed E-state index contributed by atoms with van der Waals surface area (Å²) < 4.78 is 5.45. The van der Waals surface area contributed by atoms with Crippen LogP contribution in [0.3, 0.4) is 0 Å². The predicted molar refractivity (Wildman–Crippen MR) is 113 cm³/mol. The Balaban J connectivity index is 1.30. The van der Waals surface area contributed by atoms with Crippen LogP contribution in [0.1, 0.15) is 12.0 Å². The number of amides is 2. The van der Waals surface area contributed by atoms with E-state index in [2.05, 4.69) is 10.2 Å². The number of rotatable bonds is 5. The number of methoxy groups -OCH3 is 1. The number of piperazine rings is 1. The van der Waals surface area contributed by atoms with E-state index in [0.29, 0.717) is 19.5 Å². The molecule has 2 amide bonds. The van der Waals surface area contributed by atoms with E-state index in [1.54, 1.807) is 7.11 Å². The molecule has 2 unspecified atom stereocenters. The van der Waals surface area contributed by atoms with Crippen LogP contribution in [0.4, 0.5) is 11.4 Å². The molecule has 6 heteroatoms. The summed E-state index contributed by atoms with van der Waals surface area (Å²) in [5, 5.41) is 2.94. The third-order valence-corrected chi connectivity index (χ3v) is 5.75. The molecule has 1 saturated carbocycles. The molecule has 152 valence electrons. The smallest absolute Gasteiger partial charge is 0.228 e. The van der Waals surface area contributed by atoms with Gasteiger partial charge < -0.3 is 19.9 Å². The van der Waals surface area contributed by atoms with E-state index < -0.39 is 0 Å². The van der Waals surface area contributed by atoms with Crippen LogP contribution in [-0.2, 0) is 9.59 Å². The monoisotopic (exact) mass is 393 g/mol. The number of carbonyl (C=O) groups excluding carboxylic acids is 2. The molecular weight excluding hydrogens is 366 g/mol. The molecule has 1 aliphatic carbocycles. The fourth-order valence-corrected chi connectivity index (χ4v) is 4.01. The average molecular weight is 393 g/mol. The molecule has 0 aromatic heterocycles. The highest BCUT2D eigenvalue weighted by Crippen LogP contribution is 2.41. The second-order valence-corrected chi connectivity index (χ2v) is 7.79. The standard InChI is InChI=1S/C23H27N3O3/c1-16-6-5-7-17(14-16)24-22(27)18-15-19(18)23(28)26-12-10-25(11-13-26)20-8-3-4-9-21(20)29-2/h3-9,14,18-19H,10-13,15H2,1-2H3,(H,24,27). The lowest BCUT2D eigenvalue weighted by molar-refractivity contribution is -0.134. The van der Waals surface area contributed by atoms with E-state index >= 15 is 0 Å².